The lowest BCUT2D eigenvalue weighted by molar-refractivity contribution is 0.0709. The van der Waals surface area contributed by atoms with Gasteiger partial charge < -0.3 is 15.1 Å². The number of rotatable bonds is 4. The van der Waals surface area contributed by atoms with E-state index in [1.807, 2.05) is 29.2 Å². The van der Waals surface area contributed by atoms with Crippen LogP contribution in [-0.2, 0) is 0 Å². The van der Waals surface area contributed by atoms with Crippen LogP contribution in [0.3, 0.4) is 0 Å². The van der Waals surface area contributed by atoms with Gasteiger partial charge in [0.05, 0.1) is 0 Å². The number of anilines is 1. The van der Waals surface area contributed by atoms with Gasteiger partial charge in [-0.1, -0.05) is 0 Å². The zero-order valence-electron chi connectivity index (χ0n) is 12.7. The van der Waals surface area contributed by atoms with Crippen molar-refractivity contribution < 1.29 is 4.79 Å². The van der Waals surface area contributed by atoms with Crippen molar-refractivity contribution in [2.45, 2.75) is 26.8 Å². The van der Waals surface area contributed by atoms with Gasteiger partial charge in [-0.3, -0.25) is 4.79 Å². The van der Waals surface area contributed by atoms with E-state index in [4.69, 9.17) is 0 Å². The molecule has 1 atom stereocenters. The van der Waals surface area contributed by atoms with E-state index in [9.17, 15) is 4.79 Å². The molecule has 1 fully saturated rings. The molecule has 0 bridgehead atoms. The number of carbonyl (C=O) groups excluding carboxylic acids is 1. The second-order valence-corrected chi connectivity index (χ2v) is 5.33. The number of hydrogen-bond donors (Lipinski definition) is 1. The Bertz CT molecular complexity index is 440. The monoisotopic (exact) mass is 275 g/mol. The lowest BCUT2D eigenvalue weighted by atomic mass is 10.1. The topological polar surface area (TPSA) is 35.6 Å². The molecule has 1 aromatic rings. The second kappa shape index (κ2) is 6.75. The van der Waals surface area contributed by atoms with Crippen molar-refractivity contribution in [3.63, 3.8) is 0 Å². The number of piperazine rings is 1. The fourth-order valence-corrected chi connectivity index (χ4v) is 2.70. The van der Waals surface area contributed by atoms with Crippen LogP contribution in [0.4, 0.5) is 5.69 Å². The predicted octanol–water partition coefficient (Wildman–Crippen LogP) is 1.97. The van der Waals surface area contributed by atoms with Gasteiger partial charge in [0.1, 0.15) is 0 Å². The van der Waals surface area contributed by atoms with Crippen LogP contribution in [0.2, 0.25) is 0 Å². The van der Waals surface area contributed by atoms with Gasteiger partial charge in [0.25, 0.3) is 5.91 Å². The molecule has 1 saturated heterocycles. The Hall–Kier alpha value is -1.55. The first-order valence-corrected chi connectivity index (χ1v) is 7.53. The molecule has 0 radical (unpaired) electrons. The van der Waals surface area contributed by atoms with Crippen LogP contribution in [-0.4, -0.2) is 49.6 Å². The van der Waals surface area contributed by atoms with Crippen LogP contribution in [0, 0.1) is 0 Å². The van der Waals surface area contributed by atoms with Crippen molar-refractivity contribution in [3.8, 4) is 0 Å². The summed E-state index contributed by atoms with van der Waals surface area (Å²) in [6, 6.07) is 8.37. The van der Waals surface area contributed by atoms with Gasteiger partial charge in [-0.05, 0) is 45.0 Å². The van der Waals surface area contributed by atoms with Gasteiger partial charge in [-0.25, -0.2) is 0 Å². The Morgan fingerprint density at radius 2 is 1.95 bits per heavy atom. The molecule has 1 aromatic carbocycles. The van der Waals surface area contributed by atoms with Crippen LogP contribution >= 0.6 is 0 Å². The Labute approximate surface area is 121 Å². The molecule has 4 nitrogen and oxygen atoms in total. The van der Waals surface area contributed by atoms with Crippen molar-refractivity contribution in [1.29, 1.82) is 0 Å². The third-order valence-corrected chi connectivity index (χ3v) is 3.90. The summed E-state index contributed by atoms with van der Waals surface area (Å²) in [5.41, 5.74) is 1.97. The molecule has 1 aliphatic rings. The quantitative estimate of drug-likeness (QED) is 0.912. The van der Waals surface area contributed by atoms with E-state index in [2.05, 4.69) is 31.0 Å². The van der Waals surface area contributed by atoms with E-state index in [1.165, 1.54) is 5.69 Å². The summed E-state index contributed by atoms with van der Waals surface area (Å²) >= 11 is 0. The van der Waals surface area contributed by atoms with E-state index in [0.29, 0.717) is 6.04 Å². The van der Waals surface area contributed by atoms with Crippen molar-refractivity contribution in [3.05, 3.63) is 29.8 Å². The van der Waals surface area contributed by atoms with E-state index in [-0.39, 0.29) is 5.91 Å². The summed E-state index contributed by atoms with van der Waals surface area (Å²) in [5.74, 6) is 0.143. The molecule has 0 spiro atoms. The lowest BCUT2D eigenvalue weighted by Crippen LogP contribution is -2.51. The minimum atomic E-state index is 0.143. The van der Waals surface area contributed by atoms with Gasteiger partial charge in [-0.15, -0.1) is 0 Å². The highest BCUT2D eigenvalue weighted by Crippen LogP contribution is 2.16. The van der Waals surface area contributed by atoms with E-state index >= 15 is 0 Å². The van der Waals surface area contributed by atoms with Crippen molar-refractivity contribution in [2.75, 3.05) is 37.6 Å². The zero-order valence-corrected chi connectivity index (χ0v) is 12.7. The van der Waals surface area contributed by atoms with Gasteiger partial charge in [0, 0.05) is 50.0 Å². The summed E-state index contributed by atoms with van der Waals surface area (Å²) in [7, 11) is 0. The number of amides is 1. The molecule has 1 aliphatic heterocycles. The highest BCUT2D eigenvalue weighted by atomic mass is 16.2. The fraction of sp³-hybridized carbons (Fsp3) is 0.562. The summed E-state index contributed by atoms with van der Waals surface area (Å²) in [5, 5.41) is 3.36. The molecule has 1 amide bonds. The maximum absolute atomic E-state index is 12.5. The average molecular weight is 275 g/mol. The average Bonchev–Trinajstić information content (AvgIpc) is 2.48. The van der Waals surface area contributed by atoms with Crippen molar-refractivity contribution >= 4 is 11.6 Å². The maximum atomic E-state index is 12.5. The number of nitrogens with zero attached hydrogens (tertiary/aromatic N) is 2. The fourth-order valence-electron chi connectivity index (χ4n) is 2.70. The van der Waals surface area contributed by atoms with E-state index in [0.717, 1.165) is 38.3 Å². The molecule has 0 unspecified atom stereocenters. The van der Waals surface area contributed by atoms with Gasteiger partial charge in [0.15, 0.2) is 0 Å². The summed E-state index contributed by atoms with van der Waals surface area (Å²) in [6.45, 7) is 10.8. The summed E-state index contributed by atoms with van der Waals surface area (Å²) in [6.07, 6.45) is 0. The summed E-state index contributed by atoms with van der Waals surface area (Å²) in [4.78, 5) is 16.7. The number of nitrogens with one attached hydrogen (secondary N) is 1. The van der Waals surface area contributed by atoms with E-state index < -0.39 is 0 Å². The number of benzene rings is 1. The van der Waals surface area contributed by atoms with Gasteiger partial charge >= 0.3 is 0 Å². The molecule has 110 valence electrons. The number of hydrogen-bond acceptors (Lipinski definition) is 3. The molecular weight excluding hydrogens is 250 g/mol. The SMILES string of the molecule is CCN(CC)c1ccc(C(=O)N2CCN[C@H](C)C2)cc1. The van der Waals surface area contributed by atoms with Gasteiger partial charge in [-0.2, -0.15) is 0 Å². The Kier molecular flexibility index (Phi) is 5.01. The third kappa shape index (κ3) is 3.31. The van der Waals surface area contributed by atoms with Crippen LogP contribution in [0.1, 0.15) is 31.1 Å². The maximum Gasteiger partial charge on any atom is 0.253 e. The normalized spacial score (nSPS) is 18.9. The Morgan fingerprint density at radius 1 is 1.30 bits per heavy atom. The second-order valence-electron chi connectivity index (χ2n) is 5.33. The zero-order chi connectivity index (χ0) is 14.5. The van der Waals surface area contributed by atoms with Crippen molar-refractivity contribution in [2.24, 2.45) is 0 Å². The van der Waals surface area contributed by atoms with Crippen LogP contribution < -0.4 is 10.2 Å². The standard InChI is InChI=1S/C16H25N3O/c1-4-18(5-2)15-8-6-14(7-9-15)16(20)19-11-10-17-13(3)12-19/h6-9,13,17H,4-5,10-12H2,1-3H3/t13-/m1/s1. The molecule has 1 heterocycles. The molecule has 1 N–H and O–H groups in total. The minimum Gasteiger partial charge on any atom is -0.372 e. The molecule has 4 heteroatoms. The number of carbonyl (C=O) groups is 1. The molecule has 0 aromatic heterocycles. The first kappa shape index (κ1) is 14.9. The first-order valence-electron chi connectivity index (χ1n) is 7.53. The highest BCUT2D eigenvalue weighted by Gasteiger charge is 2.21. The molecule has 2 rings (SSSR count). The van der Waals surface area contributed by atoms with Crippen molar-refractivity contribution in [1.82, 2.24) is 10.2 Å². The smallest absolute Gasteiger partial charge is 0.253 e. The lowest BCUT2D eigenvalue weighted by Gasteiger charge is -2.32. The van der Waals surface area contributed by atoms with Crippen LogP contribution in [0.5, 0.6) is 0 Å². The third-order valence-electron chi connectivity index (χ3n) is 3.90. The Morgan fingerprint density at radius 3 is 2.50 bits per heavy atom. The highest BCUT2D eigenvalue weighted by molar-refractivity contribution is 5.94. The largest absolute Gasteiger partial charge is 0.372 e. The predicted molar refractivity (Wildman–Crippen MR) is 83.4 cm³/mol. The van der Waals surface area contributed by atoms with Gasteiger partial charge in [0.2, 0.25) is 0 Å². The molecule has 0 aliphatic carbocycles. The molecular formula is C16H25N3O. The first-order chi connectivity index (χ1) is 9.65. The van der Waals surface area contributed by atoms with Crippen LogP contribution in [0.25, 0.3) is 0 Å². The van der Waals surface area contributed by atoms with E-state index in [1.54, 1.807) is 0 Å². The minimum absolute atomic E-state index is 0.143. The Balaban J connectivity index is 2.07. The summed E-state index contributed by atoms with van der Waals surface area (Å²) < 4.78 is 0. The van der Waals surface area contributed by atoms with Crippen LogP contribution in [0.15, 0.2) is 24.3 Å². The molecule has 20 heavy (non-hydrogen) atoms. The molecule has 0 saturated carbocycles.